The summed E-state index contributed by atoms with van der Waals surface area (Å²) in [7, 11) is -1.63. The maximum Gasteiger partial charge on any atom is 0.175 e. The molecule has 1 heterocycles. The average molecular weight is 302 g/mol. The maximum absolute atomic E-state index is 11.6. The number of H-pyrrole nitrogens is 1. The number of aromatic amines is 1. The number of nitrogens with zero attached hydrogens (tertiary/aromatic N) is 1. The molecule has 0 fully saturated rings. The lowest BCUT2D eigenvalue weighted by molar-refractivity contribution is 0.416. The van der Waals surface area contributed by atoms with Crippen LogP contribution in [0.3, 0.4) is 0 Å². The van der Waals surface area contributed by atoms with E-state index < -0.39 is 9.84 Å². The molecule has 0 spiro atoms. The van der Waals surface area contributed by atoms with Crippen LogP contribution in [-0.2, 0) is 9.84 Å². The highest BCUT2D eigenvalue weighted by atomic mass is 32.2. The van der Waals surface area contributed by atoms with Gasteiger partial charge in [0.15, 0.2) is 9.84 Å². The van der Waals surface area contributed by atoms with Crippen molar-refractivity contribution in [3.8, 4) is 17.1 Å². The van der Waals surface area contributed by atoms with Crippen molar-refractivity contribution in [2.45, 2.75) is 4.90 Å². The number of methoxy groups -OCH3 is 1. The van der Waals surface area contributed by atoms with Gasteiger partial charge in [-0.3, -0.25) is 0 Å². The smallest absolute Gasteiger partial charge is 0.175 e. The van der Waals surface area contributed by atoms with Gasteiger partial charge in [-0.1, -0.05) is 12.1 Å². The van der Waals surface area contributed by atoms with Gasteiger partial charge in [0.25, 0.3) is 0 Å². The second-order valence-corrected chi connectivity index (χ2v) is 6.75. The summed E-state index contributed by atoms with van der Waals surface area (Å²) < 4.78 is 28.5. The van der Waals surface area contributed by atoms with Crippen LogP contribution in [0.15, 0.2) is 47.4 Å². The Labute approximate surface area is 122 Å². The van der Waals surface area contributed by atoms with Gasteiger partial charge in [-0.15, -0.1) is 0 Å². The number of hydrogen-bond donors (Lipinski definition) is 1. The normalized spacial score (nSPS) is 11.7. The third-order valence-corrected chi connectivity index (χ3v) is 4.35. The molecule has 0 atom stereocenters. The zero-order valence-corrected chi connectivity index (χ0v) is 12.4. The summed E-state index contributed by atoms with van der Waals surface area (Å²) in [5.41, 5.74) is 2.22. The highest BCUT2D eigenvalue weighted by Crippen LogP contribution is 2.29. The van der Waals surface area contributed by atoms with Gasteiger partial charge in [0.1, 0.15) is 11.6 Å². The number of sulfone groups is 1. The van der Waals surface area contributed by atoms with Gasteiger partial charge < -0.3 is 9.72 Å². The summed E-state index contributed by atoms with van der Waals surface area (Å²) in [4.78, 5) is 7.90. The average Bonchev–Trinajstić information content (AvgIpc) is 2.89. The van der Waals surface area contributed by atoms with E-state index in [1.54, 1.807) is 25.3 Å². The third kappa shape index (κ3) is 2.50. The summed E-state index contributed by atoms with van der Waals surface area (Å²) >= 11 is 0. The lowest BCUT2D eigenvalue weighted by atomic mass is 10.2. The molecular weight excluding hydrogens is 288 g/mol. The highest BCUT2D eigenvalue weighted by molar-refractivity contribution is 7.90. The molecule has 0 aliphatic carbocycles. The van der Waals surface area contributed by atoms with Crippen LogP contribution in [0.4, 0.5) is 0 Å². The lowest BCUT2D eigenvalue weighted by Crippen LogP contribution is -1.96. The minimum absolute atomic E-state index is 0.269. The number of fused-ring (bicyclic) bond motifs is 1. The number of hydrogen-bond acceptors (Lipinski definition) is 4. The van der Waals surface area contributed by atoms with E-state index in [2.05, 4.69) is 9.97 Å². The van der Waals surface area contributed by atoms with Crippen LogP contribution in [0.5, 0.6) is 5.75 Å². The Kier molecular flexibility index (Phi) is 3.17. The first-order valence-electron chi connectivity index (χ1n) is 6.32. The first-order valence-corrected chi connectivity index (χ1v) is 8.21. The molecule has 3 aromatic rings. The fraction of sp³-hybridized carbons (Fsp3) is 0.133. The van der Waals surface area contributed by atoms with E-state index >= 15 is 0 Å². The molecule has 5 nitrogen and oxygen atoms in total. The van der Waals surface area contributed by atoms with Crippen LogP contribution < -0.4 is 4.74 Å². The minimum atomic E-state index is -3.23. The molecule has 0 aliphatic rings. The van der Waals surface area contributed by atoms with Crippen molar-refractivity contribution in [3.05, 3.63) is 42.5 Å². The van der Waals surface area contributed by atoms with E-state index in [0.717, 1.165) is 5.56 Å². The van der Waals surface area contributed by atoms with Crippen LogP contribution in [-0.4, -0.2) is 31.8 Å². The summed E-state index contributed by atoms with van der Waals surface area (Å²) in [5, 5.41) is 0. The molecule has 108 valence electrons. The van der Waals surface area contributed by atoms with Crippen molar-refractivity contribution >= 4 is 20.9 Å². The molecule has 0 bridgehead atoms. The Bertz CT molecular complexity index is 914. The Balaban J connectivity index is 2.18. The molecule has 0 saturated carbocycles. The van der Waals surface area contributed by atoms with E-state index in [1.807, 2.05) is 24.3 Å². The first-order chi connectivity index (χ1) is 9.99. The van der Waals surface area contributed by atoms with Crippen LogP contribution in [0.2, 0.25) is 0 Å². The second kappa shape index (κ2) is 4.89. The topological polar surface area (TPSA) is 72.0 Å². The van der Waals surface area contributed by atoms with E-state index in [1.165, 1.54) is 6.26 Å². The molecule has 0 aliphatic heterocycles. The van der Waals surface area contributed by atoms with Gasteiger partial charge in [-0.2, -0.15) is 0 Å². The largest absolute Gasteiger partial charge is 0.496 e. The summed E-state index contributed by atoms with van der Waals surface area (Å²) in [6, 6.07) is 12.4. The molecule has 6 heteroatoms. The van der Waals surface area contributed by atoms with Crippen LogP contribution in [0.1, 0.15) is 0 Å². The first kappa shape index (κ1) is 13.6. The maximum atomic E-state index is 11.6. The van der Waals surface area contributed by atoms with Crippen LogP contribution in [0.25, 0.3) is 22.4 Å². The van der Waals surface area contributed by atoms with E-state index in [0.29, 0.717) is 22.6 Å². The second-order valence-electron chi connectivity index (χ2n) is 4.74. The molecule has 21 heavy (non-hydrogen) atoms. The number of ether oxygens (including phenoxy) is 1. The Hall–Kier alpha value is -2.34. The molecule has 3 rings (SSSR count). The number of nitrogens with one attached hydrogen (secondary N) is 1. The molecule has 0 unspecified atom stereocenters. The quantitative estimate of drug-likeness (QED) is 0.807. The molecular formula is C15H14N2O3S. The van der Waals surface area contributed by atoms with E-state index in [9.17, 15) is 8.42 Å². The van der Waals surface area contributed by atoms with E-state index in [-0.39, 0.29) is 4.90 Å². The monoisotopic (exact) mass is 302 g/mol. The number of aromatic nitrogens is 2. The van der Waals surface area contributed by atoms with Crippen molar-refractivity contribution in [2.24, 2.45) is 0 Å². The van der Waals surface area contributed by atoms with Crippen molar-refractivity contribution in [2.75, 3.05) is 13.4 Å². The fourth-order valence-corrected chi connectivity index (χ4v) is 2.83. The Morgan fingerprint density at radius 1 is 1.14 bits per heavy atom. The highest BCUT2D eigenvalue weighted by Gasteiger charge is 2.13. The van der Waals surface area contributed by atoms with Gasteiger partial charge in [0, 0.05) is 6.26 Å². The van der Waals surface area contributed by atoms with Gasteiger partial charge in [-0.25, -0.2) is 13.4 Å². The Morgan fingerprint density at radius 3 is 2.62 bits per heavy atom. The van der Waals surface area contributed by atoms with Crippen LogP contribution >= 0.6 is 0 Å². The van der Waals surface area contributed by atoms with Gasteiger partial charge in [0.2, 0.25) is 0 Å². The van der Waals surface area contributed by atoms with Crippen molar-refractivity contribution in [1.82, 2.24) is 9.97 Å². The van der Waals surface area contributed by atoms with Gasteiger partial charge in [-0.05, 0) is 30.3 Å². The standard InChI is InChI=1S/C15H14N2O3S/c1-20-14-6-4-3-5-11(14)15-16-12-8-7-10(21(2,18)19)9-13(12)17-15/h3-9H,1-2H3,(H,16,17). The molecule has 1 aromatic heterocycles. The summed E-state index contributed by atoms with van der Waals surface area (Å²) in [5.74, 6) is 1.35. The zero-order valence-electron chi connectivity index (χ0n) is 11.6. The fourth-order valence-electron chi connectivity index (χ4n) is 2.19. The molecule has 0 radical (unpaired) electrons. The summed E-state index contributed by atoms with van der Waals surface area (Å²) in [6.07, 6.45) is 1.19. The molecule has 0 saturated heterocycles. The molecule has 1 N–H and O–H groups in total. The van der Waals surface area contributed by atoms with Crippen LogP contribution in [0, 0.1) is 0 Å². The predicted molar refractivity (Wildman–Crippen MR) is 81.2 cm³/mol. The molecule has 2 aromatic carbocycles. The number of imidazole rings is 1. The van der Waals surface area contributed by atoms with E-state index in [4.69, 9.17) is 4.74 Å². The third-order valence-electron chi connectivity index (χ3n) is 3.24. The van der Waals surface area contributed by atoms with Crippen molar-refractivity contribution < 1.29 is 13.2 Å². The lowest BCUT2D eigenvalue weighted by Gasteiger charge is -2.04. The predicted octanol–water partition coefficient (Wildman–Crippen LogP) is 2.64. The number of benzene rings is 2. The number of para-hydroxylation sites is 1. The summed E-state index contributed by atoms with van der Waals surface area (Å²) in [6.45, 7) is 0. The van der Waals surface area contributed by atoms with Gasteiger partial charge >= 0.3 is 0 Å². The van der Waals surface area contributed by atoms with Crippen molar-refractivity contribution in [1.29, 1.82) is 0 Å². The number of rotatable bonds is 3. The zero-order chi connectivity index (χ0) is 15.0. The minimum Gasteiger partial charge on any atom is -0.496 e. The Morgan fingerprint density at radius 2 is 1.90 bits per heavy atom. The van der Waals surface area contributed by atoms with Crippen molar-refractivity contribution in [3.63, 3.8) is 0 Å². The molecule has 0 amide bonds. The van der Waals surface area contributed by atoms with Gasteiger partial charge in [0.05, 0.1) is 28.6 Å². The SMILES string of the molecule is COc1ccccc1-c1nc2ccc(S(C)(=O)=O)cc2[nH]1.